The van der Waals surface area contributed by atoms with E-state index >= 15 is 0 Å². The van der Waals surface area contributed by atoms with Crippen LogP contribution in [0.5, 0.6) is 11.5 Å². The summed E-state index contributed by atoms with van der Waals surface area (Å²) in [6, 6.07) is 5.66. The van der Waals surface area contributed by atoms with Crippen molar-refractivity contribution in [2.24, 2.45) is 5.73 Å². The number of aryl methyl sites for hydroxylation is 2. The summed E-state index contributed by atoms with van der Waals surface area (Å²) in [5.74, 6) is 2.11. The molecule has 1 aromatic heterocycles. The van der Waals surface area contributed by atoms with Gasteiger partial charge in [0.1, 0.15) is 12.4 Å². The van der Waals surface area contributed by atoms with E-state index in [1.807, 2.05) is 32.0 Å². The van der Waals surface area contributed by atoms with Crippen molar-refractivity contribution in [3.8, 4) is 11.5 Å². The van der Waals surface area contributed by atoms with Gasteiger partial charge >= 0.3 is 0 Å². The molecule has 19 heavy (non-hydrogen) atoms. The molecule has 0 saturated carbocycles. The van der Waals surface area contributed by atoms with Crippen LogP contribution in [0, 0.1) is 13.8 Å². The molecule has 102 valence electrons. The number of benzene rings is 1. The lowest BCUT2D eigenvalue weighted by Crippen LogP contribution is -2.05. The van der Waals surface area contributed by atoms with Crippen molar-refractivity contribution >= 4 is 0 Å². The topological polar surface area (TPSA) is 70.5 Å². The molecule has 2 aromatic rings. The van der Waals surface area contributed by atoms with Gasteiger partial charge in [-0.2, -0.15) is 0 Å². The lowest BCUT2D eigenvalue weighted by Gasteiger charge is -2.14. The maximum Gasteiger partial charge on any atom is 0.166 e. The van der Waals surface area contributed by atoms with E-state index < -0.39 is 0 Å². The monoisotopic (exact) mass is 262 g/mol. The second-order valence-electron chi connectivity index (χ2n) is 4.24. The van der Waals surface area contributed by atoms with Crippen molar-refractivity contribution < 1.29 is 14.0 Å². The van der Waals surface area contributed by atoms with Gasteiger partial charge in [0.15, 0.2) is 11.5 Å². The summed E-state index contributed by atoms with van der Waals surface area (Å²) in [5, 5.41) is 3.90. The Morgan fingerprint density at radius 3 is 2.68 bits per heavy atom. The van der Waals surface area contributed by atoms with Gasteiger partial charge in [0.25, 0.3) is 0 Å². The summed E-state index contributed by atoms with van der Waals surface area (Å²) in [4.78, 5) is 0. The van der Waals surface area contributed by atoms with Gasteiger partial charge in [0.05, 0.1) is 18.4 Å². The highest BCUT2D eigenvalue weighted by Crippen LogP contribution is 2.32. The van der Waals surface area contributed by atoms with Crippen LogP contribution in [0.15, 0.2) is 22.7 Å². The number of aromatic nitrogens is 1. The third kappa shape index (κ3) is 2.71. The van der Waals surface area contributed by atoms with Gasteiger partial charge in [-0.3, -0.25) is 0 Å². The Balaban J connectivity index is 2.24. The second kappa shape index (κ2) is 5.75. The van der Waals surface area contributed by atoms with Crippen LogP contribution in [0.2, 0.25) is 0 Å². The van der Waals surface area contributed by atoms with Crippen LogP contribution in [0.1, 0.15) is 22.6 Å². The van der Waals surface area contributed by atoms with E-state index in [9.17, 15) is 0 Å². The molecule has 2 rings (SSSR count). The molecular formula is C14H18N2O3. The van der Waals surface area contributed by atoms with Crippen LogP contribution >= 0.6 is 0 Å². The Morgan fingerprint density at radius 1 is 1.32 bits per heavy atom. The molecule has 0 atom stereocenters. The first-order valence-electron chi connectivity index (χ1n) is 6.07. The van der Waals surface area contributed by atoms with Crippen molar-refractivity contribution in [1.29, 1.82) is 0 Å². The number of hydrogen-bond donors (Lipinski definition) is 1. The van der Waals surface area contributed by atoms with Gasteiger partial charge in [-0.15, -0.1) is 0 Å². The van der Waals surface area contributed by atoms with Crippen LogP contribution in [0.25, 0.3) is 0 Å². The highest BCUT2D eigenvalue weighted by atomic mass is 16.5. The summed E-state index contributed by atoms with van der Waals surface area (Å²) in [6.07, 6.45) is 0. The minimum atomic E-state index is 0.383. The van der Waals surface area contributed by atoms with Gasteiger partial charge < -0.3 is 19.7 Å². The minimum absolute atomic E-state index is 0.383. The Bertz CT molecular complexity index is 522. The first-order valence-corrected chi connectivity index (χ1v) is 6.07. The Morgan fingerprint density at radius 2 is 2.11 bits per heavy atom. The van der Waals surface area contributed by atoms with Crippen molar-refractivity contribution in [3.05, 3.63) is 40.8 Å². The summed E-state index contributed by atoms with van der Waals surface area (Å²) in [5.41, 5.74) is 8.41. The zero-order valence-corrected chi connectivity index (χ0v) is 11.4. The fourth-order valence-electron chi connectivity index (χ4n) is 1.90. The molecule has 0 amide bonds. The average molecular weight is 262 g/mol. The molecule has 0 radical (unpaired) electrons. The number of hydrogen-bond acceptors (Lipinski definition) is 5. The molecule has 0 aliphatic carbocycles. The molecule has 0 spiro atoms. The van der Waals surface area contributed by atoms with Crippen LogP contribution < -0.4 is 15.2 Å². The minimum Gasteiger partial charge on any atom is -0.493 e. The molecule has 0 fully saturated rings. The second-order valence-corrected chi connectivity index (χ2v) is 4.24. The highest BCUT2D eigenvalue weighted by Gasteiger charge is 2.13. The van der Waals surface area contributed by atoms with Crippen LogP contribution in [-0.2, 0) is 13.2 Å². The maximum absolute atomic E-state index is 5.85. The molecule has 0 bridgehead atoms. The lowest BCUT2D eigenvalue weighted by atomic mass is 10.2. The quantitative estimate of drug-likeness (QED) is 0.895. The van der Waals surface area contributed by atoms with E-state index in [1.165, 1.54) is 0 Å². The van der Waals surface area contributed by atoms with Crippen LogP contribution in [-0.4, -0.2) is 12.3 Å². The number of nitrogens with zero attached hydrogens (tertiary/aromatic N) is 1. The fraction of sp³-hybridized carbons (Fsp3) is 0.357. The van der Waals surface area contributed by atoms with Crippen molar-refractivity contribution in [2.45, 2.75) is 27.0 Å². The largest absolute Gasteiger partial charge is 0.493 e. The highest BCUT2D eigenvalue weighted by molar-refractivity contribution is 5.46. The maximum atomic E-state index is 5.85. The molecule has 1 heterocycles. The molecule has 0 unspecified atom stereocenters. The number of para-hydroxylation sites is 1. The predicted molar refractivity (Wildman–Crippen MR) is 71.2 cm³/mol. The number of methoxy groups -OCH3 is 1. The summed E-state index contributed by atoms with van der Waals surface area (Å²) >= 11 is 0. The molecule has 0 aliphatic rings. The summed E-state index contributed by atoms with van der Waals surface area (Å²) < 4.78 is 16.3. The summed E-state index contributed by atoms with van der Waals surface area (Å²) in [6.45, 7) is 4.54. The molecule has 5 heteroatoms. The molecule has 0 saturated heterocycles. The normalized spacial score (nSPS) is 10.5. The van der Waals surface area contributed by atoms with Gasteiger partial charge in [0.2, 0.25) is 0 Å². The number of ether oxygens (including phenoxy) is 2. The van der Waals surface area contributed by atoms with E-state index in [0.717, 1.165) is 22.6 Å². The van der Waals surface area contributed by atoms with E-state index in [2.05, 4.69) is 5.16 Å². The third-order valence-corrected chi connectivity index (χ3v) is 3.04. The molecular weight excluding hydrogens is 244 g/mol. The number of rotatable bonds is 5. The zero-order chi connectivity index (χ0) is 13.8. The van der Waals surface area contributed by atoms with Crippen molar-refractivity contribution in [1.82, 2.24) is 5.16 Å². The fourth-order valence-corrected chi connectivity index (χ4v) is 1.90. The van der Waals surface area contributed by atoms with E-state index in [4.69, 9.17) is 19.7 Å². The first-order chi connectivity index (χ1) is 9.17. The Kier molecular flexibility index (Phi) is 4.06. The molecule has 2 N–H and O–H groups in total. The van der Waals surface area contributed by atoms with Gasteiger partial charge in [-0.1, -0.05) is 17.3 Å². The average Bonchev–Trinajstić information content (AvgIpc) is 2.75. The van der Waals surface area contributed by atoms with Crippen molar-refractivity contribution in [2.75, 3.05) is 7.11 Å². The lowest BCUT2D eigenvalue weighted by molar-refractivity contribution is 0.278. The molecule has 0 aliphatic heterocycles. The Hall–Kier alpha value is -2.01. The SMILES string of the molecule is COc1cccc(CN)c1OCc1c(C)noc1C. The number of nitrogens with two attached hydrogens (primary N) is 1. The van der Waals surface area contributed by atoms with Crippen LogP contribution in [0.3, 0.4) is 0 Å². The predicted octanol–water partition coefficient (Wildman–Crippen LogP) is 2.34. The molecule has 1 aromatic carbocycles. The smallest absolute Gasteiger partial charge is 0.166 e. The van der Waals surface area contributed by atoms with Gasteiger partial charge in [-0.05, 0) is 19.9 Å². The standard InChI is InChI=1S/C14H18N2O3/c1-9-12(10(2)19-16-9)8-18-14-11(7-15)5-4-6-13(14)17-3/h4-6H,7-8,15H2,1-3H3. The summed E-state index contributed by atoms with van der Waals surface area (Å²) in [7, 11) is 1.61. The molecule has 5 nitrogen and oxygen atoms in total. The van der Waals surface area contributed by atoms with E-state index in [0.29, 0.717) is 24.7 Å². The first kappa shape index (κ1) is 13.4. The zero-order valence-electron chi connectivity index (χ0n) is 11.4. The van der Waals surface area contributed by atoms with Crippen molar-refractivity contribution in [3.63, 3.8) is 0 Å². The van der Waals surface area contributed by atoms with Gasteiger partial charge in [-0.25, -0.2) is 0 Å². The van der Waals surface area contributed by atoms with E-state index in [1.54, 1.807) is 7.11 Å². The van der Waals surface area contributed by atoms with Crippen LogP contribution in [0.4, 0.5) is 0 Å². The van der Waals surface area contributed by atoms with Gasteiger partial charge in [0, 0.05) is 12.1 Å². The Labute approximate surface area is 112 Å². The third-order valence-electron chi connectivity index (χ3n) is 3.04. The van der Waals surface area contributed by atoms with E-state index in [-0.39, 0.29) is 0 Å².